The molecule has 0 aromatic heterocycles. The van der Waals surface area contributed by atoms with E-state index in [1.165, 1.54) is 0 Å². The normalized spacial score (nSPS) is 13.1. The Morgan fingerprint density at radius 1 is 1.22 bits per heavy atom. The van der Waals surface area contributed by atoms with E-state index in [0.29, 0.717) is 12.0 Å². The van der Waals surface area contributed by atoms with E-state index in [1.54, 1.807) is 0 Å². The first kappa shape index (κ1) is 15.3. The minimum Gasteiger partial charge on any atom is -0.489 e. The van der Waals surface area contributed by atoms with Crippen molar-refractivity contribution < 1.29 is 4.74 Å². The van der Waals surface area contributed by atoms with Crippen molar-refractivity contribution in [1.82, 2.24) is 5.32 Å². The molecular formula is C15H24ClNO. The van der Waals surface area contributed by atoms with E-state index in [9.17, 15) is 0 Å². The summed E-state index contributed by atoms with van der Waals surface area (Å²) in [6.45, 7) is 11.5. The second-order valence-corrected chi connectivity index (χ2v) is 5.81. The number of benzene rings is 1. The molecule has 1 atom stereocenters. The molecule has 1 rings (SSSR count). The standard InChI is InChI=1S/C15H24ClNO/c1-10(2)15(9-17-11(3)4)18-14-8-13(16)7-6-12(14)5/h6-8,10-11,15,17H,9H2,1-5H3. The summed E-state index contributed by atoms with van der Waals surface area (Å²) in [4.78, 5) is 0. The van der Waals surface area contributed by atoms with Gasteiger partial charge in [0, 0.05) is 17.6 Å². The summed E-state index contributed by atoms with van der Waals surface area (Å²) >= 11 is 6.01. The van der Waals surface area contributed by atoms with Crippen LogP contribution in [0.1, 0.15) is 33.3 Å². The molecule has 3 heteroatoms. The largest absolute Gasteiger partial charge is 0.489 e. The fourth-order valence-corrected chi connectivity index (χ4v) is 1.79. The van der Waals surface area contributed by atoms with Crippen LogP contribution >= 0.6 is 11.6 Å². The van der Waals surface area contributed by atoms with Gasteiger partial charge in [-0.1, -0.05) is 45.4 Å². The van der Waals surface area contributed by atoms with Gasteiger partial charge in [-0.05, 0) is 30.5 Å². The van der Waals surface area contributed by atoms with E-state index in [2.05, 4.69) is 33.0 Å². The summed E-state index contributed by atoms with van der Waals surface area (Å²) in [6, 6.07) is 6.24. The summed E-state index contributed by atoms with van der Waals surface area (Å²) in [7, 11) is 0. The van der Waals surface area contributed by atoms with Crippen LogP contribution in [-0.4, -0.2) is 18.7 Å². The van der Waals surface area contributed by atoms with Gasteiger partial charge in [0.2, 0.25) is 0 Å². The third-order valence-corrected chi connectivity index (χ3v) is 3.13. The van der Waals surface area contributed by atoms with E-state index in [1.807, 2.05) is 25.1 Å². The minimum absolute atomic E-state index is 0.157. The van der Waals surface area contributed by atoms with Crippen molar-refractivity contribution in [1.29, 1.82) is 0 Å². The highest BCUT2D eigenvalue weighted by atomic mass is 35.5. The Kier molecular flexibility index (Phi) is 5.97. The van der Waals surface area contributed by atoms with Gasteiger partial charge in [-0.3, -0.25) is 0 Å². The number of aryl methyl sites for hydroxylation is 1. The second kappa shape index (κ2) is 7.01. The van der Waals surface area contributed by atoms with E-state index >= 15 is 0 Å². The van der Waals surface area contributed by atoms with Crippen LogP contribution in [0.25, 0.3) is 0 Å². The maximum absolute atomic E-state index is 6.09. The molecule has 0 radical (unpaired) electrons. The number of nitrogens with one attached hydrogen (secondary N) is 1. The zero-order valence-electron chi connectivity index (χ0n) is 12.0. The molecule has 0 heterocycles. The molecular weight excluding hydrogens is 246 g/mol. The molecule has 0 amide bonds. The zero-order chi connectivity index (χ0) is 13.7. The molecule has 102 valence electrons. The highest BCUT2D eigenvalue weighted by Crippen LogP contribution is 2.24. The van der Waals surface area contributed by atoms with Crippen LogP contribution in [0.15, 0.2) is 18.2 Å². The maximum Gasteiger partial charge on any atom is 0.124 e. The van der Waals surface area contributed by atoms with Gasteiger partial charge in [0.25, 0.3) is 0 Å². The van der Waals surface area contributed by atoms with E-state index in [0.717, 1.165) is 22.9 Å². The van der Waals surface area contributed by atoms with Crippen LogP contribution in [0, 0.1) is 12.8 Å². The quantitative estimate of drug-likeness (QED) is 0.841. The molecule has 1 aromatic rings. The SMILES string of the molecule is Cc1ccc(Cl)cc1OC(CNC(C)C)C(C)C. The Morgan fingerprint density at radius 3 is 2.44 bits per heavy atom. The van der Waals surface area contributed by atoms with Gasteiger partial charge in [0.1, 0.15) is 11.9 Å². The van der Waals surface area contributed by atoms with Gasteiger partial charge in [-0.2, -0.15) is 0 Å². The number of hydrogen-bond acceptors (Lipinski definition) is 2. The van der Waals surface area contributed by atoms with Gasteiger partial charge in [-0.25, -0.2) is 0 Å². The smallest absolute Gasteiger partial charge is 0.124 e. The van der Waals surface area contributed by atoms with Crippen LogP contribution in [0.4, 0.5) is 0 Å². The van der Waals surface area contributed by atoms with Gasteiger partial charge in [0.05, 0.1) is 0 Å². The molecule has 0 bridgehead atoms. The summed E-state index contributed by atoms with van der Waals surface area (Å²) < 4.78 is 6.09. The highest BCUT2D eigenvalue weighted by Gasteiger charge is 2.16. The van der Waals surface area contributed by atoms with Crippen molar-refractivity contribution in [3.63, 3.8) is 0 Å². The second-order valence-electron chi connectivity index (χ2n) is 5.37. The number of rotatable bonds is 6. The van der Waals surface area contributed by atoms with Crippen LogP contribution in [0.5, 0.6) is 5.75 Å². The average molecular weight is 270 g/mol. The molecule has 2 nitrogen and oxygen atoms in total. The van der Waals surface area contributed by atoms with E-state index in [4.69, 9.17) is 16.3 Å². The summed E-state index contributed by atoms with van der Waals surface area (Å²) in [5.41, 5.74) is 1.12. The van der Waals surface area contributed by atoms with Crippen molar-refractivity contribution in [2.24, 2.45) is 5.92 Å². The van der Waals surface area contributed by atoms with Crippen molar-refractivity contribution in [2.45, 2.75) is 46.8 Å². The lowest BCUT2D eigenvalue weighted by Gasteiger charge is -2.25. The van der Waals surface area contributed by atoms with Crippen LogP contribution in [-0.2, 0) is 0 Å². The molecule has 1 N–H and O–H groups in total. The predicted octanol–water partition coefficient (Wildman–Crippen LogP) is 4.05. The Bertz CT molecular complexity index is 377. The lowest BCUT2D eigenvalue weighted by atomic mass is 10.1. The molecule has 0 aliphatic rings. The van der Waals surface area contributed by atoms with E-state index in [-0.39, 0.29) is 6.10 Å². The molecule has 18 heavy (non-hydrogen) atoms. The summed E-state index contributed by atoms with van der Waals surface area (Å²) in [6.07, 6.45) is 0.157. The van der Waals surface area contributed by atoms with Crippen molar-refractivity contribution in [3.8, 4) is 5.75 Å². The molecule has 1 unspecified atom stereocenters. The number of hydrogen-bond donors (Lipinski definition) is 1. The molecule has 0 aliphatic heterocycles. The highest BCUT2D eigenvalue weighted by molar-refractivity contribution is 6.30. The lowest BCUT2D eigenvalue weighted by molar-refractivity contribution is 0.145. The third kappa shape index (κ3) is 4.87. The van der Waals surface area contributed by atoms with E-state index < -0.39 is 0 Å². The molecule has 0 saturated heterocycles. The van der Waals surface area contributed by atoms with Gasteiger partial charge in [0.15, 0.2) is 0 Å². The topological polar surface area (TPSA) is 21.3 Å². The van der Waals surface area contributed by atoms with Gasteiger partial charge < -0.3 is 10.1 Å². The lowest BCUT2D eigenvalue weighted by Crippen LogP contribution is -2.38. The Balaban J connectivity index is 2.73. The first-order valence-electron chi connectivity index (χ1n) is 6.56. The predicted molar refractivity (Wildman–Crippen MR) is 78.6 cm³/mol. The average Bonchev–Trinajstić information content (AvgIpc) is 2.28. The molecule has 0 aliphatic carbocycles. The number of halogens is 1. The Labute approximate surface area is 116 Å². The molecule has 1 aromatic carbocycles. The Morgan fingerprint density at radius 2 is 1.89 bits per heavy atom. The van der Waals surface area contributed by atoms with Crippen LogP contribution in [0.3, 0.4) is 0 Å². The van der Waals surface area contributed by atoms with Crippen molar-refractivity contribution >= 4 is 11.6 Å². The zero-order valence-corrected chi connectivity index (χ0v) is 12.7. The molecule has 0 fully saturated rings. The van der Waals surface area contributed by atoms with Crippen molar-refractivity contribution in [3.05, 3.63) is 28.8 Å². The molecule has 0 spiro atoms. The summed E-state index contributed by atoms with van der Waals surface area (Å²) in [5, 5.41) is 4.14. The van der Waals surface area contributed by atoms with Crippen LogP contribution < -0.4 is 10.1 Å². The Hall–Kier alpha value is -0.730. The fraction of sp³-hybridized carbons (Fsp3) is 0.600. The van der Waals surface area contributed by atoms with Crippen LogP contribution in [0.2, 0.25) is 5.02 Å². The monoisotopic (exact) mass is 269 g/mol. The van der Waals surface area contributed by atoms with Gasteiger partial charge in [-0.15, -0.1) is 0 Å². The number of ether oxygens (including phenoxy) is 1. The maximum atomic E-state index is 6.09. The fourth-order valence-electron chi connectivity index (χ4n) is 1.63. The third-order valence-electron chi connectivity index (χ3n) is 2.90. The summed E-state index contributed by atoms with van der Waals surface area (Å²) in [5.74, 6) is 1.33. The first-order valence-corrected chi connectivity index (χ1v) is 6.94. The molecule has 0 saturated carbocycles. The minimum atomic E-state index is 0.157. The first-order chi connectivity index (χ1) is 8.40. The van der Waals surface area contributed by atoms with Gasteiger partial charge >= 0.3 is 0 Å². The van der Waals surface area contributed by atoms with Crippen molar-refractivity contribution in [2.75, 3.05) is 6.54 Å².